The number of benzene rings is 1. The van der Waals surface area contributed by atoms with Gasteiger partial charge in [0.15, 0.2) is 0 Å². The molecule has 0 saturated carbocycles. The quantitative estimate of drug-likeness (QED) is 0.497. The Bertz CT molecular complexity index is 482. The first-order valence-corrected chi connectivity index (χ1v) is 7.49. The molecule has 21 heavy (non-hydrogen) atoms. The Balaban J connectivity index is 2.19. The minimum absolute atomic E-state index is 0.611. The molecule has 1 aliphatic rings. The molecule has 5 heteroatoms. The van der Waals surface area contributed by atoms with E-state index in [0.29, 0.717) is 12.3 Å². The van der Waals surface area contributed by atoms with Crippen LogP contribution in [-0.4, -0.2) is 48.7 Å². The molecule has 0 amide bonds. The monoisotopic (exact) mass is 292 g/mol. The molecule has 0 unspecified atom stereocenters. The molecule has 0 radical (unpaired) electrons. The first kappa shape index (κ1) is 15.8. The van der Waals surface area contributed by atoms with Crippen LogP contribution in [0.25, 0.3) is 0 Å². The van der Waals surface area contributed by atoms with E-state index in [1.165, 1.54) is 0 Å². The van der Waals surface area contributed by atoms with E-state index in [4.69, 9.17) is 14.7 Å². The van der Waals surface area contributed by atoms with E-state index in [1.54, 1.807) is 6.92 Å². The van der Waals surface area contributed by atoms with Gasteiger partial charge in [0.1, 0.15) is 5.75 Å². The lowest BCUT2D eigenvalue weighted by atomic mass is 10.1. The third kappa shape index (κ3) is 4.44. The summed E-state index contributed by atoms with van der Waals surface area (Å²) in [5, 5.41) is 12.2. The molecule has 0 aromatic heterocycles. The molecular formula is C16H24N2O3. The summed E-state index contributed by atoms with van der Waals surface area (Å²) in [4.78, 5) is 2.35. The molecule has 0 bridgehead atoms. The van der Waals surface area contributed by atoms with Gasteiger partial charge in [-0.3, -0.25) is 4.90 Å². The summed E-state index contributed by atoms with van der Waals surface area (Å²) >= 11 is 0. The highest BCUT2D eigenvalue weighted by Gasteiger charge is 2.14. The molecule has 1 heterocycles. The van der Waals surface area contributed by atoms with Crippen molar-refractivity contribution < 1.29 is 14.7 Å². The van der Waals surface area contributed by atoms with Crippen molar-refractivity contribution in [1.82, 2.24) is 4.90 Å². The number of nitrogens with zero attached hydrogens (tertiary/aromatic N) is 2. The third-order valence-corrected chi connectivity index (χ3v) is 3.59. The van der Waals surface area contributed by atoms with Crippen LogP contribution in [0.5, 0.6) is 5.75 Å². The maximum Gasteiger partial charge on any atom is 0.123 e. The van der Waals surface area contributed by atoms with Crippen molar-refractivity contribution in [3.63, 3.8) is 0 Å². The molecule has 5 nitrogen and oxygen atoms in total. The highest BCUT2D eigenvalue weighted by Crippen LogP contribution is 2.23. The van der Waals surface area contributed by atoms with E-state index >= 15 is 0 Å². The van der Waals surface area contributed by atoms with Gasteiger partial charge >= 0.3 is 0 Å². The van der Waals surface area contributed by atoms with E-state index in [-0.39, 0.29) is 0 Å². The van der Waals surface area contributed by atoms with E-state index in [2.05, 4.69) is 23.0 Å². The fourth-order valence-electron chi connectivity index (χ4n) is 2.34. The normalized spacial score (nSPS) is 17.0. The molecule has 1 aromatic rings. The molecule has 1 N–H and O–H groups in total. The third-order valence-electron chi connectivity index (χ3n) is 3.59. The summed E-state index contributed by atoms with van der Waals surface area (Å²) in [6, 6.07) is 5.95. The molecule has 1 saturated heterocycles. The predicted molar refractivity (Wildman–Crippen MR) is 82.3 cm³/mol. The number of ether oxygens (including phenoxy) is 2. The van der Waals surface area contributed by atoms with Crippen molar-refractivity contribution >= 4 is 5.71 Å². The van der Waals surface area contributed by atoms with Crippen molar-refractivity contribution in [1.29, 1.82) is 0 Å². The van der Waals surface area contributed by atoms with Gasteiger partial charge < -0.3 is 14.7 Å². The van der Waals surface area contributed by atoms with Gasteiger partial charge in [0, 0.05) is 25.2 Å². The molecule has 116 valence electrons. The smallest absolute Gasteiger partial charge is 0.123 e. The fraction of sp³-hybridized carbons (Fsp3) is 0.562. The molecule has 0 aliphatic carbocycles. The highest BCUT2D eigenvalue weighted by molar-refractivity contribution is 5.98. The SMILES string of the molecule is CCCOc1ccc(C(C)=NO)cc1CN1CCOCC1. The molecule has 1 aliphatic heterocycles. The van der Waals surface area contributed by atoms with Gasteiger partial charge in [0.25, 0.3) is 0 Å². The largest absolute Gasteiger partial charge is 0.493 e. The minimum atomic E-state index is 0.611. The van der Waals surface area contributed by atoms with Gasteiger partial charge in [-0.1, -0.05) is 12.1 Å². The van der Waals surface area contributed by atoms with Crippen LogP contribution in [0.1, 0.15) is 31.4 Å². The van der Waals surface area contributed by atoms with Crippen LogP contribution >= 0.6 is 0 Å². The zero-order valence-corrected chi connectivity index (χ0v) is 12.8. The number of morpholine rings is 1. The second-order valence-corrected chi connectivity index (χ2v) is 5.24. The van der Waals surface area contributed by atoms with E-state index < -0.39 is 0 Å². The highest BCUT2D eigenvalue weighted by atomic mass is 16.5. The van der Waals surface area contributed by atoms with Crippen LogP contribution in [-0.2, 0) is 11.3 Å². The van der Waals surface area contributed by atoms with Gasteiger partial charge in [-0.05, 0) is 37.1 Å². The Morgan fingerprint density at radius 1 is 1.38 bits per heavy atom. The van der Waals surface area contributed by atoms with Gasteiger partial charge in [0.05, 0.1) is 25.5 Å². The molecule has 2 rings (SSSR count). The van der Waals surface area contributed by atoms with E-state index in [9.17, 15) is 0 Å². The van der Waals surface area contributed by atoms with Gasteiger partial charge in [-0.15, -0.1) is 0 Å². The molecule has 1 fully saturated rings. The average Bonchev–Trinajstić information content (AvgIpc) is 2.54. The van der Waals surface area contributed by atoms with Crippen LogP contribution in [0.3, 0.4) is 0 Å². The Morgan fingerprint density at radius 3 is 2.81 bits per heavy atom. The first-order valence-electron chi connectivity index (χ1n) is 7.49. The summed E-state index contributed by atoms with van der Waals surface area (Å²) in [5.74, 6) is 0.915. The van der Waals surface area contributed by atoms with Crippen molar-refractivity contribution in [2.24, 2.45) is 5.16 Å². The van der Waals surface area contributed by atoms with Crippen LogP contribution in [0.2, 0.25) is 0 Å². The molecule has 1 aromatic carbocycles. The zero-order valence-electron chi connectivity index (χ0n) is 12.8. The number of oxime groups is 1. The summed E-state index contributed by atoms with van der Waals surface area (Å²) in [7, 11) is 0. The summed E-state index contributed by atoms with van der Waals surface area (Å²) in [6.45, 7) is 8.86. The lowest BCUT2D eigenvalue weighted by Crippen LogP contribution is -2.35. The van der Waals surface area contributed by atoms with Crippen LogP contribution in [0, 0.1) is 0 Å². The lowest BCUT2D eigenvalue weighted by molar-refractivity contribution is 0.0338. The van der Waals surface area contributed by atoms with Gasteiger partial charge in [0.2, 0.25) is 0 Å². The topological polar surface area (TPSA) is 54.3 Å². The second kappa shape index (κ2) is 8.00. The predicted octanol–water partition coefficient (Wildman–Crippen LogP) is 2.51. The molecular weight excluding hydrogens is 268 g/mol. The Hall–Kier alpha value is -1.59. The standard InChI is InChI=1S/C16H24N2O3/c1-3-8-21-16-5-4-14(13(2)17-19)11-15(16)12-18-6-9-20-10-7-18/h4-5,11,19H,3,6-10,12H2,1-2H3. The maximum atomic E-state index is 8.94. The van der Waals surface area contributed by atoms with Crippen LogP contribution in [0.4, 0.5) is 0 Å². The van der Waals surface area contributed by atoms with Crippen molar-refractivity contribution in [2.45, 2.75) is 26.8 Å². The minimum Gasteiger partial charge on any atom is -0.493 e. The molecule has 0 atom stereocenters. The summed E-state index contributed by atoms with van der Waals surface area (Å²) in [5.41, 5.74) is 2.66. The number of hydrogen-bond acceptors (Lipinski definition) is 5. The van der Waals surface area contributed by atoms with E-state index in [1.807, 2.05) is 12.1 Å². The summed E-state index contributed by atoms with van der Waals surface area (Å²) < 4.78 is 11.2. The molecule has 0 spiro atoms. The lowest BCUT2D eigenvalue weighted by Gasteiger charge is -2.27. The average molecular weight is 292 g/mol. The van der Waals surface area contributed by atoms with Gasteiger partial charge in [-0.2, -0.15) is 0 Å². The van der Waals surface area contributed by atoms with Gasteiger partial charge in [-0.25, -0.2) is 0 Å². The van der Waals surface area contributed by atoms with Crippen molar-refractivity contribution in [3.05, 3.63) is 29.3 Å². The fourth-order valence-corrected chi connectivity index (χ4v) is 2.34. The Labute approximate surface area is 126 Å². The maximum absolute atomic E-state index is 8.94. The van der Waals surface area contributed by atoms with Crippen LogP contribution < -0.4 is 4.74 Å². The number of rotatable bonds is 6. The number of hydrogen-bond donors (Lipinski definition) is 1. The zero-order chi connectivity index (χ0) is 15.1. The van der Waals surface area contributed by atoms with Crippen molar-refractivity contribution in [3.8, 4) is 5.75 Å². The van der Waals surface area contributed by atoms with Crippen molar-refractivity contribution in [2.75, 3.05) is 32.9 Å². The van der Waals surface area contributed by atoms with Crippen LogP contribution in [0.15, 0.2) is 23.4 Å². The van der Waals surface area contributed by atoms with E-state index in [0.717, 1.165) is 56.1 Å². The second-order valence-electron chi connectivity index (χ2n) is 5.24. The Morgan fingerprint density at radius 2 is 2.14 bits per heavy atom. The summed E-state index contributed by atoms with van der Waals surface area (Å²) in [6.07, 6.45) is 0.982. The first-order chi connectivity index (χ1) is 10.2. The Kier molecular flexibility index (Phi) is 6.02.